The summed E-state index contributed by atoms with van der Waals surface area (Å²) < 4.78 is 13.8. The van der Waals surface area contributed by atoms with Crippen LogP contribution in [0, 0.1) is 24.1 Å². The summed E-state index contributed by atoms with van der Waals surface area (Å²) in [6.07, 6.45) is -0.696. The van der Waals surface area contributed by atoms with Crippen molar-refractivity contribution in [1.82, 2.24) is 0 Å². The summed E-state index contributed by atoms with van der Waals surface area (Å²) in [7, 11) is 0. The van der Waals surface area contributed by atoms with E-state index >= 15 is 0 Å². The lowest BCUT2D eigenvalue weighted by Crippen LogP contribution is -2.35. The molecule has 1 N–H and O–H groups in total. The number of rotatable bonds is 1. The van der Waals surface area contributed by atoms with E-state index in [0.29, 0.717) is 5.69 Å². The molecule has 1 fully saturated rings. The van der Waals surface area contributed by atoms with Gasteiger partial charge >= 0.3 is 0 Å². The average molecular weight is 248 g/mol. The lowest BCUT2D eigenvalue weighted by Gasteiger charge is -2.25. The zero-order valence-corrected chi connectivity index (χ0v) is 10.1. The zero-order chi connectivity index (χ0) is 13.4. The van der Waals surface area contributed by atoms with E-state index in [2.05, 4.69) is 0 Å². The van der Waals surface area contributed by atoms with Crippen molar-refractivity contribution >= 4 is 11.6 Å². The van der Waals surface area contributed by atoms with Gasteiger partial charge in [0.1, 0.15) is 11.9 Å². The maximum absolute atomic E-state index is 13.8. The van der Waals surface area contributed by atoms with Crippen molar-refractivity contribution in [1.29, 1.82) is 5.26 Å². The van der Waals surface area contributed by atoms with Crippen LogP contribution in [0.2, 0.25) is 0 Å². The topological polar surface area (TPSA) is 64.3 Å². The Morgan fingerprint density at radius 2 is 2.22 bits per heavy atom. The molecule has 1 saturated heterocycles. The molecule has 0 aliphatic carbocycles. The van der Waals surface area contributed by atoms with Crippen LogP contribution >= 0.6 is 0 Å². The van der Waals surface area contributed by atoms with Crippen LogP contribution in [0.25, 0.3) is 0 Å². The molecular weight excluding hydrogens is 235 g/mol. The molecule has 0 spiro atoms. The molecule has 0 aromatic heterocycles. The predicted octanol–water partition coefficient (Wildman–Crippen LogP) is 1.49. The van der Waals surface area contributed by atoms with E-state index in [-0.39, 0.29) is 29.5 Å². The SMILES string of the molecule is Cc1c(N2C(=O)C[C@H](O)[C@@H]2C)ccc(C#N)c1F. The van der Waals surface area contributed by atoms with Crippen LogP contribution < -0.4 is 4.90 Å². The molecule has 1 heterocycles. The molecular formula is C13H13FN2O2. The summed E-state index contributed by atoms with van der Waals surface area (Å²) in [6, 6.07) is 4.27. The second-order valence-corrected chi connectivity index (χ2v) is 4.46. The second-order valence-electron chi connectivity index (χ2n) is 4.46. The van der Waals surface area contributed by atoms with E-state index in [0.717, 1.165) is 0 Å². The number of amides is 1. The molecule has 1 aromatic rings. The summed E-state index contributed by atoms with van der Waals surface area (Å²) >= 11 is 0. The van der Waals surface area contributed by atoms with Gasteiger partial charge in [0.05, 0.1) is 24.1 Å². The summed E-state index contributed by atoms with van der Waals surface area (Å²) in [6.45, 7) is 3.24. The van der Waals surface area contributed by atoms with Crippen molar-refractivity contribution in [3.05, 3.63) is 29.1 Å². The molecule has 4 nitrogen and oxygen atoms in total. The lowest BCUT2D eigenvalue weighted by molar-refractivity contribution is -0.117. The highest BCUT2D eigenvalue weighted by atomic mass is 19.1. The van der Waals surface area contributed by atoms with Crippen LogP contribution in [0.5, 0.6) is 0 Å². The summed E-state index contributed by atoms with van der Waals surface area (Å²) in [5, 5.41) is 18.4. The number of carbonyl (C=O) groups excluding carboxylic acids is 1. The first-order valence-electron chi connectivity index (χ1n) is 5.66. The van der Waals surface area contributed by atoms with Crippen LogP contribution in [0.3, 0.4) is 0 Å². The Bertz CT molecular complexity index is 551. The van der Waals surface area contributed by atoms with E-state index in [4.69, 9.17) is 5.26 Å². The number of nitriles is 1. The van der Waals surface area contributed by atoms with E-state index in [1.807, 2.05) is 0 Å². The van der Waals surface area contributed by atoms with Crippen molar-refractivity contribution < 1.29 is 14.3 Å². The minimum atomic E-state index is -0.740. The maximum atomic E-state index is 13.8. The normalized spacial score (nSPS) is 23.3. The third-order valence-corrected chi connectivity index (χ3v) is 3.35. The Morgan fingerprint density at radius 3 is 2.72 bits per heavy atom. The van der Waals surface area contributed by atoms with E-state index in [1.165, 1.54) is 17.9 Å². The Labute approximate surface area is 104 Å². The molecule has 5 heteroatoms. The Kier molecular flexibility index (Phi) is 3.05. The van der Waals surface area contributed by atoms with Crippen molar-refractivity contribution in [3.63, 3.8) is 0 Å². The van der Waals surface area contributed by atoms with Gasteiger partial charge in [-0.25, -0.2) is 4.39 Å². The van der Waals surface area contributed by atoms with Gasteiger partial charge in [-0.1, -0.05) is 0 Å². The minimum Gasteiger partial charge on any atom is -0.390 e. The fourth-order valence-electron chi connectivity index (χ4n) is 2.22. The number of aliphatic hydroxyl groups is 1. The number of hydrogen-bond donors (Lipinski definition) is 1. The van der Waals surface area contributed by atoms with Crippen molar-refractivity contribution in [2.75, 3.05) is 4.90 Å². The van der Waals surface area contributed by atoms with Gasteiger partial charge in [0, 0.05) is 11.3 Å². The molecule has 18 heavy (non-hydrogen) atoms. The molecule has 0 saturated carbocycles. The third-order valence-electron chi connectivity index (χ3n) is 3.35. The Balaban J connectivity index is 2.50. The van der Waals surface area contributed by atoms with Crippen molar-refractivity contribution in [2.24, 2.45) is 0 Å². The fourth-order valence-corrected chi connectivity index (χ4v) is 2.22. The van der Waals surface area contributed by atoms with Crippen molar-refractivity contribution in [2.45, 2.75) is 32.4 Å². The van der Waals surface area contributed by atoms with E-state index in [1.54, 1.807) is 19.1 Å². The second kappa shape index (κ2) is 4.39. The highest BCUT2D eigenvalue weighted by Crippen LogP contribution is 2.31. The number of nitrogens with zero attached hydrogens (tertiary/aromatic N) is 2. The van der Waals surface area contributed by atoms with Crippen LogP contribution in [-0.4, -0.2) is 23.2 Å². The smallest absolute Gasteiger partial charge is 0.230 e. The van der Waals surface area contributed by atoms with Crippen molar-refractivity contribution in [3.8, 4) is 6.07 Å². The lowest BCUT2D eigenvalue weighted by atomic mass is 10.1. The highest BCUT2D eigenvalue weighted by molar-refractivity contribution is 5.97. The highest BCUT2D eigenvalue weighted by Gasteiger charge is 2.37. The summed E-state index contributed by atoms with van der Waals surface area (Å²) in [5.74, 6) is -0.849. The van der Waals surface area contributed by atoms with E-state index < -0.39 is 11.9 Å². The molecule has 2 atom stereocenters. The van der Waals surface area contributed by atoms with Crippen LogP contribution in [0.15, 0.2) is 12.1 Å². The maximum Gasteiger partial charge on any atom is 0.230 e. The quantitative estimate of drug-likeness (QED) is 0.819. The van der Waals surface area contributed by atoms with E-state index in [9.17, 15) is 14.3 Å². The largest absolute Gasteiger partial charge is 0.390 e. The molecule has 94 valence electrons. The monoisotopic (exact) mass is 248 g/mol. The standard InChI is InChI=1S/C13H13FN2O2/c1-7-10(4-3-9(6-15)13(7)14)16-8(2)11(17)5-12(16)18/h3-4,8,11,17H,5H2,1-2H3/t8-,11-/m0/s1. The van der Waals surface area contributed by atoms with Gasteiger partial charge in [0.2, 0.25) is 5.91 Å². The Hall–Kier alpha value is -1.93. The van der Waals surface area contributed by atoms with Crippen LogP contribution in [0.4, 0.5) is 10.1 Å². The molecule has 1 amide bonds. The number of hydrogen-bond acceptors (Lipinski definition) is 3. The number of carbonyl (C=O) groups is 1. The Morgan fingerprint density at radius 1 is 1.56 bits per heavy atom. The van der Waals surface area contributed by atoms with Gasteiger partial charge in [0.25, 0.3) is 0 Å². The number of halogens is 1. The average Bonchev–Trinajstić information content (AvgIpc) is 2.58. The summed E-state index contributed by atoms with van der Waals surface area (Å²) in [5.41, 5.74) is 0.625. The number of benzene rings is 1. The third kappa shape index (κ3) is 1.75. The number of aliphatic hydroxyl groups excluding tert-OH is 1. The number of anilines is 1. The fraction of sp³-hybridized carbons (Fsp3) is 0.385. The first kappa shape index (κ1) is 12.5. The van der Waals surface area contributed by atoms with Gasteiger partial charge in [0.15, 0.2) is 0 Å². The van der Waals surface area contributed by atoms with Gasteiger partial charge in [-0.3, -0.25) is 4.79 Å². The first-order chi connectivity index (χ1) is 8.47. The molecule has 1 aliphatic heterocycles. The van der Waals surface area contributed by atoms with Crippen LogP contribution in [-0.2, 0) is 4.79 Å². The van der Waals surface area contributed by atoms with Crippen LogP contribution in [0.1, 0.15) is 24.5 Å². The molecule has 2 rings (SSSR count). The minimum absolute atomic E-state index is 0.0439. The predicted molar refractivity (Wildman–Crippen MR) is 63.4 cm³/mol. The molecule has 0 bridgehead atoms. The zero-order valence-electron chi connectivity index (χ0n) is 10.1. The van der Waals surface area contributed by atoms with Gasteiger partial charge in [-0.15, -0.1) is 0 Å². The molecule has 0 radical (unpaired) electrons. The first-order valence-corrected chi connectivity index (χ1v) is 5.66. The molecule has 0 unspecified atom stereocenters. The molecule has 1 aliphatic rings. The van der Waals surface area contributed by atoms with Gasteiger partial charge in [-0.05, 0) is 26.0 Å². The van der Waals surface area contributed by atoms with Gasteiger partial charge in [-0.2, -0.15) is 5.26 Å². The molecule has 1 aromatic carbocycles. The summed E-state index contributed by atoms with van der Waals surface area (Å²) in [4.78, 5) is 13.2. The van der Waals surface area contributed by atoms with Gasteiger partial charge < -0.3 is 10.0 Å².